The first-order chi connectivity index (χ1) is 16.6. The average Bonchev–Trinajstić information content (AvgIpc) is 3.12. The molecular weight excluding hydrogens is 468 g/mol. The van der Waals surface area contributed by atoms with Crippen molar-refractivity contribution in [1.82, 2.24) is 4.90 Å². The van der Waals surface area contributed by atoms with Crippen LogP contribution >= 0.6 is 0 Å². The van der Waals surface area contributed by atoms with Crippen molar-refractivity contribution in [2.45, 2.75) is 51.6 Å². The van der Waals surface area contributed by atoms with Crippen LogP contribution in [0.25, 0.3) is 0 Å². The number of sulfonamides is 1. The van der Waals surface area contributed by atoms with Crippen LogP contribution < -0.4 is 14.9 Å². The fraction of sp³-hybridized carbons (Fsp3) is 0.400. The molecule has 2 N–H and O–H groups in total. The molecule has 9 nitrogen and oxygen atoms in total. The van der Waals surface area contributed by atoms with Crippen molar-refractivity contribution >= 4 is 44.8 Å². The van der Waals surface area contributed by atoms with Crippen LogP contribution in [0.3, 0.4) is 0 Å². The van der Waals surface area contributed by atoms with Crippen molar-refractivity contribution < 1.29 is 22.8 Å². The quantitative estimate of drug-likeness (QED) is 0.549. The first-order valence-electron chi connectivity index (χ1n) is 11.8. The summed E-state index contributed by atoms with van der Waals surface area (Å²) in [5.41, 5.74) is 1.40. The molecule has 0 aromatic heterocycles. The number of hydrogen-bond acceptors (Lipinski definition) is 5. The molecule has 10 heteroatoms. The zero-order valence-electron chi connectivity index (χ0n) is 19.9. The highest BCUT2D eigenvalue weighted by atomic mass is 32.2. The fourth-order valence-corrected chi connectivity index (χ4v) is 5.92. The van der Waals surface area contributed by atoms with Gasteiger partial charge in [-0.15, -0.1) is 0 Å². The van der Waals surface area contributed by atoms with Gasteiger partial charge in [0.15, 0.2) is 0 Å². The van der Waals surface area contributed by atoms with Gasteiger partial charge >= 0.3 is 0 Å². The molecule has 4 rings (SSSR count). The minimum absolute atomic E-state index is 0.00405. The molecule has 0 spiro atoms. The summed E-state index contributed by atoms with van der Waals surface area (Å²) in [5.74, 6) is -0.299. The van der Waals surface area contributed by atoms with Crippen molar-refractivity contribution in [3.05, 3.63) is 54.1 Å². The molecule has 0 bridgehead atoms. The Morgan fingerprint density at radius 3 is 2.46 bits per heavy atom. The van der Waals surface area contributed by atoms with Crippen LogP contribution in [0.2, 0.25) is 0 Å². The number of nitrogens with zero attached hydrogens (tertiary/aromatic N) is 2. The summed E-state index contributed by atoms with van der Waals surface area (Å²) in [5, 5.41) is 2.80. The van der Waals surface area contributed by atoms with Crippen molar-refractivity contribution in [2.75, 3.05) is 27.2 Å². The van der Waals surface area contributed by atoms with Crippen molar-refractivity contribution in [1.29, 1.82) is 0 Å². The van der Waals surface area contributed by atoms with E-state index in [1.807, 2.05) is 13.0 Å². The maximum absolute atomic E-state index is 13.2. The Morgan fingerprint density at radius 1 is 1.06 bits per heavy atom. The van der Waals surface area contributed by atoms with E-state index >= 15 is 0 Å². The maximum atomic E-state index is 13.2. The molecule has 2 heterocycles. The van der Waals surface area contributed by atoms with Gasteiger partial charge in [0.25, 0.3) is 5.91 Å². The van der Waals surface area contributed by atoms with Gasteiger partial charge in [-0.2, -0.15) is 0 Å². The van der Waals surface area contributed by atoms with E-state index in [0.29, 0.717) is 54.9 Å². The minimum atomic E-state index is -3.38. The molecule has 2 aromatic rings. The lowest BCUT2D eigenvalue weighted by molar-refractivity contribution is -0.118. The van der Waals surface area contributed by atoms with E-state index < -0.39 is 15.7 Å². The molecule has 1 atom stereocenters. The Labute approximate surface area is 205 Å². The number of benzene rings is 2. The topological polar surface area (TPSA) is 116 Å². The van der Waals surface area contributed by atoms with Crippen molar-refractivity contribution in [3.63, 3.8) is 0 Å². The molecule has 1 unspecified atom stereocenters. The van der Waals surface area contributed by atoms with Gasteiger partial charge in [0, 0.05) is 30.8 Å². The van der Waals surface area contributed by atoms with Crippen LogP contribution in [0, 0.1) is 0 Å². The van der Waals surface area contributed by atoms with Crippen molar-refractivity contribution in [2.24, 2.45) is 0 Å². The standard InChI is InChI=1S/C25H30N4O5S/c1-3-17-35(33,34)27-19-12-10-18(11-13-19)26-22(30)9-6-16-28-24(32)20-7-4-5-8-21(20)29-23(31)14-15-25(28,29)2/h4-5,7-8,10-13,27H,3,6,9,14-17H2,1-2H3,(H,26,30). The van der Waals surface area contributed by atoms with Crippen LogP contribution in [0.1, 0.15) is 56.3 Å². The smallest absolute Gasteiger partial charge is 0.257 e. The van der Waals surface area contributed by atoms with Crippen LogP contribution in [-0.2, 0) is 19.6 Å². The molecule has 0 aliphatic carbocycles. The highest BCUT2D eigenvalue weighted by Gasteiger charge is 2.52. The van der Waals surface area contributed by atoms with Gasteiger partial charge in [0.2, 0.25) is 21.8 Å². The van der Waals surface area contributed by atoms with E-state index in [9.17, 15) is 22.8 Å². The number of anilines is 3. The minimum Gasteiger partial charge on any atom is -0.326 e. The Morgan fingerprint density at radius 2 is 1.74 bits per heavy atom. The van der Waals surface area contributed by atoms with Gasteiger partial charge in [0.05, 0.1) is 17.0 Å². The molecule has 0 radical (unpaired) electrons. The zero-order valence-corrected chi connectivity index (χ0v) is 20.7. The predicted octanol–water partition coefficient (Wildman–Crippen LogP) is 3.56. The number of carbonyl (C=O) groups excluding carboxylic acids is 3. The number of hydrogen-bond donors (Lipinski definition) is 2. The van der Waals surface area contributed by atoms with Crippen LogP contribution in [0.5, 0.6) is 0 Å². The highest BCUT2D eigenvalue weighted by molar-refractivity contribution is 7.92. The van der Waals surface area contributed by atoms with E-state index in [4.69, 9.17) is 0 Å². The fourth-order valence-electron chi connectivity index (χ4n) is 4.78. The number of rotatable bonds is 9. The van der Waals surface area contributed by atoms with Gasteiger partial charge < -0.3 is 10.2 Å². The Kier molecular flexibility index (Phi) is 6.84. The summed E-state index contributed by atoms with van der Waals surface area (Å²) >= 11 is 0. The molecule has 0 saturated carbocycles. The zero-order chi connectivity index (χ0) is 25.2. The molecule has 1 fully saturated rings. The van der Waals surface area contributed by atoms with E-state index in [2.05, 4.69) is 10.0 Å². The number of para-hydroxylation sites is 1. The number of fused-ring (bicyclic) bond motifs is 3. The average molecular weight is 499 g/mol. The van der Waals surface area contributed by atoms with Gasteiger partial charge in [0.1, 0.15) is 5.66 Å². The number of amides is 3. The number of carbonyl (C=O) groups is 3. The molecule has 2 aromatic carbocycles. The first-order valence-corrected chi connectivity index (χ1v) is 13.4. The lowest BCUT2D eigenvalue weighted by Crippen LogP contribution is -2.62. The second-order valence-corrected chi connectivity index (χ2v) is 10.9. The molecular formula is C25H30N4O5S. The molecule has 2 aliphatic heterocycles. The first kappa shape index (κ1) is 24.7. The Hall–Kier alpha value is -3.40. The highest BCUT2D eigenvalue weighted by Crippen LogP contribution is 2.44. The summed E-state index contributed by atoms with van der Waals surface area (Å²) in [6.07, 6.45) is 2.07. The Bertz CT molecular complexity index is 1240. The predicted molar refractivity (Wildman–Crippen MR) is 135 cm³/mol. The number of nitrogens with one attached hydrogen (secondary N) is 2. The second kappa shape index (κ2) is 9.69. The second-order valence-electron chi connectivity index (χ2n) is 9.07. The van der Waals surface area contributed by atoms with E-state index in [1.165, 1.54) is 0 Å². The summed E-state index contributed by atoms with van der Waals surface area (Å²) < 4.78 is 26.3. The van der Waals surface area contributed by atoms with E-state index in [0.717, 1.165) is 0 Å². The summed E-state index contributed by atoms with van der Waals surface area (Å²) in [4.78, 5) is 41.8. The molecule has 186 valence electrons. The maximum Gasteiger partial charge on any atom is 0.257 e. The SMILES string of the molecule is CCCS(=O)(=O)Nc1ccc(NC(=O)CCCN2C(=O)c3ccccc3N3C(=O)CCC23C)cc1. The van der Waals surface area contributed by atoms with E-state index in [-0.39, 0.29) is 29.9 Å². The van der Waals surface area contributed by atoms with Gasteiger partial charge in [-0.1, -0.05) is 19.1 Å². The third-order valence-electron chi connectivity index (χ3n) is 6.45. The summed E-state index contributed by atoms with van der Waals surface area (Å²) in [7, 11) is -3.38. The van der Waals surface area contributed by atoms with Crippen molar-refractivity contribution in [3.8, 4) is 0 Å². The van der Waals surface area contributed by atoms with Crippen LogP contribution in [0.15, 0.2) is 48.5 Å². The van der Waals surface area contributed by atoms with Crippen LogP contribution in [0.4, 0.5) is 17.1 Å². The summed E-state index contributed by atoms with van der Waals surface area (Å²) in [6.45, 7) is 4.04. The van der Waals surface area contributed by atoms with Gasteiger partial charge in [-0.05, 0) is 62.6 Å². The lowest BCUT2D eigenvalue weighted by Gasteiger charge is -2.48. The monoisotopic (exact) mass is 498 g/mol. The molecule has 2 aliphatic rings. The van der Waals surface area contributed by atoms with E-state index in [1.54, 1.807) is 59.2 Å². The molecule has 1 saturated heterocycles. The third-order valence-corrected chi connectivity index (χ3v) is 7.94. The largest absolute Gasteiger partial charge is 0.326 e. The lowest BCUT2D eigenvalue weighted by atomic mass is 9.98. The van der Waals surface area contributed by atoms with Gasteiger partial charge in [-0.25, -0.2) is 8.42 Å². The summed E-state index contributed by atoms with van der Waals surface area (Å²) in [6, 6.07) is 13.6. The van der Waals surface area contributed by atoms with Crippen LogP contribution in [-0.4, -0.2) is 49.0 Å². The molecule has 3 amide bonds. The normalized spacial score (nSPS) is 19.4. The third kappa shape index (κ3) is 5.02. The van der Waals surface area contributed by atoms with Gasteiger partial charge in [-0.3, -0.25) is 24.0 Å². The Balaban J connectivity index is 1.35. The molecule has 35 heavy (non-hydrogen) atoms.